The molecule has 0 aromatic heterocycles. The molecule has 0 bridgehead atoms. The van der Waals surface area contributed by atoms with Gasteiger partial charge in [0.15, 0.2) is 0 Å². The number of hydrogen-bond donors (Lipinski definition) is 0. The van der Waals surface area contributed by atoms with Crippen molar-refractivity contribution in [1.29, 1.82) is 0 Å². The van der Waals surface area contributed by atoms with Crippen molar-refractivity contribution in [3.05, 3.63) is 53.5 Å². The molecule has 0 amide bonds. The largest absolute Gasteiger partial charge is 0.328 e. The van der Waals surface area contributed by atoms with Gasteiger partial charge < -0.3 is 9.80 Å². The maximum absolute atomic E-state index is 2.72. The third kappa shape index (κ3) is 2.67. The summed E-state index contributed by atoms with van der Waals surface area (Å²) in [6, 6.07) is 9.01. The van der Waals surface area contributed by atoms with E-state index in [1.54, 1.807) is 5.70 Å². The number of anilines is 1. The Kier molecular flexibility index (Phi) is 4.56. The van der Waals surface area contributed by atoms with Crippen LogP contribution < -0.4 is 4.90 Å². The van der Waals surface area contributed by atoms with Crippen LogP contribution in [-0.4, -0.2) is 11.1 Å². The number of benzene rings is 1. The third-order valence-corrected chi connectivity index (χ3v) is 8.25. The second-order valence-corrected chi connectivity index (χ2v) is 9.89. The molecule has 2 nitrogen and oxygen atoms in total. The van der Waals surface area contributed by atoms with E-state index in [-0.39, 0.29) is 5.41 Å². The first-order valence-corrected chi connectivity index (χ1v) is 11.6. The number of para-hydroxylation sites is 1. The molecule has 2 unspecified atom stereocenters. The zero-order valence-electron chi connectivity index (χ0n) is 18.0. The van der Waals surface area contributed by atoms with Crippen LogP contribution in [0.25, 0.3) is 0 Å². The predicted molar refractivity (Wildman–Crippen MR) is 118 cm³/mol. The Morgan fingerprint density at radius 2 is 1.57 bits per heavy atom. The van der Waals surface area contributed by atoms with Crippen LogP contribution in [0.2, 0.25) is 0 Å². The van der Waals surface area contributed by atoms with Crippen molar-refractivity contribution in [1.82, 2.24) is 4.90 Å². The maximum atomic E-state index is 2.72. The highest BCUT2D eigenvalue weighted by molar-refractivity contribution is 5.62. The molecular formula is C26H36N2. The molecule has 5 rings (SSSR count). The lowest BCUT2D eigenvalue weighted by atomic mass is 9.74. The summed E-state index contributed by atoms with van der Waals surface area (Å²) in [4.78, 5) is 5.42. The first-order chi connectivity index (χ1) is 13.6. The highest BCUT2D eigenvalue weighted by Crippen LogP contribution is 2.56. The van der Waals surface area contributed by atoms with Crippen LogP contribution in [-0.2, 0) is 0 Å². The fourth-order valence-electron chi connectivity index (χ4n) is 6.78. The van der Waals surface area contributed by atoms with Crippen LogP contribution in [0.15, 0.2) is 47.9 Å². The lowest BCUT2D eigenvalue weighted by Crippen LogP contribution is -2.44. The van der Waals surface area contributed by atoms with Crippen molar-refractivity contribution in [2.75, 3.05) is 4.90 Å². The third-order valence-electron chi connectivity index (χ3n) is 8.25. The van der Waals surface area contributed by atoms with Gasteiger partial charge in [-0.2, -0.15) is 0 Å². The Morgan fingerprint density at radius 1 is 0.893 bits per heavy atom. The number of aryl methyl sites for hydroxylation is 1. The first-order valence-electron chi connectivity index (χ1n) is 11.6. The zero-order chi connectivity index (χ0) is 19.3. The highest BCUT2D eigenvalue weighted by atomic mass is 15.4. The molecule has 2 heterocycles. The van der Waals surface area contributed by atoms with E-state index in [9.17, 15) is 0 Å². The highest BCUT2D eigenvalue weighted by Gasteiger charge is 2.52. The van der Waals surface area contributed by atoms with E-state index in [1.807, 2.05) is 0 Å². The molecule has 0 spiro atoms. The van der Waals surface area contributed by atoms with Gasteiger partial charge in [-0.3, -0.25) is 0 Å². The summed E-state index contributed by atoms with van der Waals surface area (Å²) >= 11 is 0. The van der Waals surface area contributed by atoms with E-state index < -0.39 is 0 Å². The van der Waals surface area contributed by atoms with Gasteiger partial charge in [0.1, 0.15) is 6.17 Å². The Labute approximate surface area is 171 Å². The summed E-state index contributed by atoms with van der Waals surface area (Å²) in [6.07, 6.45) is 18.1. The molecule has 1 aromatic rings. The SMILES string of the molecule is CC1=C2N(C=CC2(C)C2CCCC2)C(C2CCCCC2)N1c1ccccc1C. The van der Waals surface area contributed by atoms with Gasteiger partial charge in [-0.05, 0) is 63.0 Å². The average Bonchev–Trinajstić information content (AvgIpc) is 3.42. The van der Waals surface area contributed by atoms with Crippen molar-refractivity contribution >= 4 is 5.69 Å². The van der Waals surface area contributed by atoms with E-state index in [4.69, 9.17) is 0 Å². The summed E-state index contributed by atoms with van der Waals surface area (Å²) in [5.41, 5.74) is 6.14. The molecule has 2 saturated carbocycles. The Bertz CT molecular complexity index is 794. The van der Waals surface area contributed by atoms with Crippen molar-refractivity contribution in [2.24, 2.45) is 17.3 Å². The van der Waals surface area contributed by atoms with Gasteiger partial charge >= 0.3 is 0 Å². The predicted octanol–water partition coefficient (Wildman–Crippen LogP) is 6.98. The van der Waals surface area contributed by atoms with Crippen LogP contribution >= 0.6 is 0 Å². The molecule has 2 heteroatoms. The van der Waals surface area contributed by atoms with Crippen LogP contribution in [0, 0.1) is 24.2 Å². The molecule has 0 N–H and O–H groups in total. The second-order valence-electron chi connectivity index (χ2n) is 9.89. The minimum absolute atomic E-state index is 0.213. The topological polar surface area (TPSA) is 6.48 Å². The fourth-order valence-corrected chi connectivity index (χ4v) is 6.78. The summed E-state index contributed by atoms with van der Waals surface area (Å²) < 4.78 is 0. The molecule has 2 aliphatic carbocycles. The molecule has 28 heavy (non-hydrogen) atoms. The quantitative estimate of drug-likeness (QED) is 0.561. The van der Waals surface area contributed by atoms with Gasteiger partial charge in [-0.1, -0.05) is 63.3 Å². The summed E-state index contributed by atoms with van der Waals surface area (Å²) in [7, 11) is 0. The fraction of sp³-hybridized carbons (Fsp3) is 0.615. The molecule has 1 aromatic carbocycles. The number of allylic oxidation sites excluding steroid dienone is 2. The van der Waals surface area contributed by atoms with E-state index in [0.29, 0.717) is 6.17 Å². The van der Waals surface area contributed by atoms with Gasteiger partial charge in [0, 0.05) is 28.7 Å². The molecule has 0 radical (unpaired) electrons. The van der Waals surface area contributed by atoms with Crippen molar-refractivity contribution in [2.45, 2.75) is 84.7 Å². The number of rotatable bonds is 3. The van der Waals surface area contributed by atoms with Crippen LogP contribution in [0.5, 0.6) is 0 Å². The van der Waals surface area contributed by atoms with Crippen molar-refractivity contribution < 1.29 is 0 Å². The lowest BCUT2D eigenvalue weighted by Gasteiger charge is -2.40. The minimum Gasteiger partial charge on any atom is -0.328 e. The van der Waals surface area contributed by atoms with E-state index in [1.165, 1.54) is 74.7 Å². The number of hydrogen-bond acceptors (Lipinski definition) is 2. The minimum atomic E-state index is 0.213. The van der Waals surface area contributed by atoms with Gasteiger partial charge in [0.05, 0.1) is 0 Å². The Morgan fingerprint density at radius 3 is 2.29 bits per heavy atom. The van der Waals surface area contributed by atoms with Gasteiger partial charge in [-0.25, -0.2) is 0 Å². The summed E-state index contributed by atoms with van der Waals surface area (Å²) in [5.74, 6) is 1.57. The summed E-state index contributed by atoms with van der Waals surface area (Å²) in [6.45, 7) is 7.20. The van der Waals surface area contributed by atoms with Crippen LogP contribution in [0.4, 0.5) is 5.69 Å². The second kappa shape index (κ2) is 6.97. The van der Waals surface area contributed by atoms with E-state index in [0.717, 1.165) is 11.8 Å². The van der Waals surface area contributed by atoms with Gasteiger partial charge in [0.2, 0.25) is 0 Å². The molecular weight excluding hydrogens is 340 g/mol. The smallest absolute Gasteiger partial charge is 0.113 e. The molecule has 2 aliphatic heterocycles. The molecule has 150 valence electrons. The molecule has 2 atom stereocenters. The molecule has 2 fully saturated rings. The molecule has 0 saturated heterocycles. The van der Waals surface area contributed by atoms with Crippen molar-refractivity contribution in [3.63, 3.8) is 0 Å². The van der Waals surface area contributed by atoms with E-state index in [2.05, 4.69) is 67.1 Å². The maximum Gasteiger partial charge on any atom is 0.113 e. The van der Waals surface area contributed by atoms with Gasteiger partial charge in [0.25, 0.3) is 0 Å². The number of nitrogens with zero attached hydrogens (tertiary/aromatic N) is 2. The first kappa shape index (κ1) is 18.3. The van der Waals surface area contributed by atoms with Crippen molar-refractivity contribution in [3.8, 4) is 0 Å². The standard InChI is InChI=1S/C26H36N2/c1-19-11-7-10-16-23(19)28-20(2)24-26(3,22-14-8-9-15-22)17-18-27(24)25(28)21-12-5-4-6-13-21/h7,10-11,16-18,21-22,25H,4-6,8-9,12-15H2,1-3H3. The van der Waals surface area contributed by atoms with Crippen LogP contribution in [0.1, 0.15) is 77.2 Å². The van der Waals surface area contributed by atoms with Gasteiger partial charge in [-0.15, -0.1) is 0 Å². The Hall–Kier alpha value is -1.70. The normalized spacial score (nSPS) is 31.3. The molecule has 4 aliphatic rings. The average molecular weight is 377 g/mol. The lowest BCUT2D eigenvalue weighted by molar-refractivity contribution is 0.192. The zero-order valence-corrected chi connectivity index (χ0v) is 18.0. The Balaban J connectivity index is 1.60. The summed E-state index contributed by atoms with van der Waals surface area (Å²) in [5, 5.41) is 0. The number of fused-ring (bicyclic) bond motifs is 1. The van der Waals surface area contributed by atoms with E-state index >= 15 is 0 Å². The monoisotopic (exact) mass is 376 g/mol. The van der Waals surface area contributed by atoms with Crippen LogP contribution in [0.3, 0.4) is 0 Å².